The van der Waals surface area contributed by atoms with Gasteiger partial charge >= 0.3 is 0 Å². The van der Waals surface area contributed by atoms with E-state index in [1.165, 1.54) is 5.56 Å². The van der Waals surface area contributed by atoms with Crippen molar-refractivity contribution in [1.29, 1.82) is 0 Å². The van der Waals surface area contributed by atoms with Crippen molar-refractivity contribution in [1.82, 2.24) is 3.94 Å². The van der Waals surface area contributed by atoms with Gasteiger partial charge in [-0.1, -0.05) is 30.3 Å². The van der Waals surface area contributed by atoms with Crippen LogP contribution in [0.3, 0.4) is 0 Å². The van der Waals surface area contributed by atoms with Crippen molar-refractivity contribution in [2.75, 3.05) is 6.54 Å². The molecule has 1 atom stereocenters. The summed E-state index contributed by atoms with van der Waals surface area (Å²) < 4.78 is 1.09. The summed E-state index contributed by atoms with van der Waals surface area (Å²) in [5, 5.41) is 0. The molecule has 84 valence electrons. The number of hydrogen-bond donors (Lipinski definition) is 1. The van der Waals surface area contributed by atoms with Crippen LogP contribution in [0.5, 0.6) is 0 Å². The van der Waals surface area contributed by atoms with Gasteiger partial charge < -0.3 is 5.73 Å². The number of benzene rings is 1. The molecule has 1 rings (SSSR count). The third kappa shape index (κ3) is 5.38. The van der Waals surface area contributed by atoms with Gasteiger partial charge in [-0.2, -0.15) is 0 Å². The van der Waals surface area contributed by atoms with E-state index in [4.69, 9.17) is 29.3 Å². The second-order valence-electron chi connectivity index (χ2n) is 4.10. The van der Waals surface area contributed by atoms with Crippen molar-refractivity contribution in [2.45, 2.75) is 25.3 Å². The summed E-state index contributed by atoms with van der Waals surface area (Å²) in [6, 6.07) is 10.2. The van der Waals surface area contributed by atoms with Crippen LogP contribution in [0.25, 0.3) is 0 Å². The molecule has 0 aliphatic carbocycles. The Balaban J connectivity index is 2.42. The molecule has 2 N–H and O–H groups in total. The fourth-order valence-electron chi connectivity index (χ4n) is 1.43. The summed E-state index contributed by atoms with van der Waals surface area (Å²) in [6.45, 7) is 2.41. The van der Waals surface area contributed by atoms with E-state index in [1.54, 1.807) is 0 Å². The molecule has 1 unspecified atom stereocenters. The van der Waals surface area contributed by atoms with Gasteiger partial charge in [0.25, 0.3) is 0 Å². The molecular weight excluding hydrogens is 231 g/mol. The fourth-order valence-corrected chi connectivity index (χ4v) is 1.97. The predicted molar refractivity (Wildman–Crippen MR) is 65.8 cm³/mol. The maximum Gasteiger partial charge on any atom is 0.0482 e. The van der Waals surface area contributed by atoms with E-state index in [1.807, 2.05) is 25.1 Å². The lowest BCUT2D eigenvalue weighted by Gasteiger charge is -2.25. The van der Waals surface area contributed by atoms with Gasteiger partial charge in [0.2, 0.25) is 0 Å². The van der Waals surface area contributed by atoms with Crippen LogP contribution in [0, 0.1) is 0 Å². The average molecular weight is 247 g/mol. The monoisotopic (exact) mass is 246 g/mol. The van der Waals surface area contributed by atoms with E-state index in [0.717, 1.165) is 16.8 Å². The van der Waals surface area contributed by atoms with Crippen LogP contribution in [-0.4, -0.2) is 16.0 Å². The summed E-state index contributed by atoms with van der Waals surface area (Å²) in [4.78, 5) is 0. The highest BCUT2D eigenvalue weighted by molar-refractivity contribution is 6.33. The minimum atomic E-state index is -0.362. The van der Waals surface area contributed by atoms with Gasteiger partial charge in [0.1, 0.15) is 0 Å². The van der Waals surface area contributed by atoms with Gasteiger partial charge in [-0.15, -0.1) is 3.94 Å². The largest absolute Gasteiger partial charge is 0.324 e. The molecule has 0 radical (unpaired) electrons. The van der Waals surface area contributed by atoms with Crippen molar-refractivity contribution in [3.63, 3.8) is 0 Å². The molecule has 4 heteroatoms. The summed E-state index contributed by atoms with van der Waals surface area (Å²) >= 11 is 11.1. The summed E-state index contributed by atoms with van der Waals surface area (Å²) in [5.74, 6) is 0. The Labute approximate surface area is 101 Å². The summed E-state index contributed by atoms with van der Waals surface area (Å²) in [6.07, 6.45) is 1.79. The zero-order valence-electron chi connectivity index (χ0n) is 8.79. The SMILES string of the molecule is CC(N)(CCc1ccccc1)CN(Cl)Cl. The van der Waals surface area contributed by atoms with Crippen LogP contribution in [0.1, 0.15) is 18.9 Å². The lowest BCUT2D eigenvalue weighted by Crippen LogP contribution is -2.43. The van der Waals surface area contributed by atoms with Crippen molar-refractivity contribution in [3.8, 4) is 0 Å². The molecule has 15 heavy (non-hydrogen) atoms. The van der Waals surface area contributed by atoms with Gasteiger partial charge in [-0.3, -0.25) is 0 Å². The Morgan fingerprint density at radius 3 is 2.40 bits per heavy atom. The fraction of sp³-hybridized carbons (Fsp3) is 0.455. The Hall–Kier alpha value is -0.280. The minimum absolute atomic E-state index is 0.362. The highest BCUT2D eigenvalue weighted by atomic mass is 35.5. The van der Waals surface area contributed by atoms with Crippen LogP contribution in [0.15, 0.2) is 30.3 Å². The standard InChI is InChI=1S/C11H16Cl2N2/c1-11(14,9-15(12)13)8-7-10-5-3-2-4-6-10/h2-6H,7-9,14H2,1H3. The molecule has 1 aromatic carbocycles. The zero-order valence-corrected chi connectivity index (χ0v) is 10.3. The molecule has 0 heterocycles. The maximum absolute atomic E-state index is 6.05. The van der Waals surface area contributed by atoms with Crippen LogP contribution in [0.4, 0.5) is 0 Å². The van der Waals surface area contributed by atoms with Gasteiger partial charge in [0.15, 0.2) is 0 Å². The molecule has 0 aromatic heterocycles. The quantitative estimate of drug-likeness (QED) is 0.810. The van der Waals surface area contributed by atoms with Crippen LogP contribution in [-0.2, 0) is 6.42 Å². The molecule has 0 saturated carbocycles. The Morgan fingerprint density at radius 2 is 1.87 bits per heavy atom. The molecule has 0 bridgehead atoms. The minimum Gasteiger partial charge on any atom is -0.324 e. The van der Waals surface area contributed by atoms with Crippen LogP contribution >= 0.6 is 23.6 Å². The summed E-state index contributed by atoms with van der Waals surface area (Å²) in [5.41, 5.74) is 6.98. The smallest absolute Gasteiger partial charge is 0.0482 e. The van der Waals surface area contributed by atoms with E-state index in [9.17, 15) is 0 Å². The molecule has 0 aliphatic rings. The predicted octanol–water partition coefficient (Wildman–Crippen LogP) is 2.95. The normalized spacial score (nSPS) is 15.3. The number of nitrogens with two attached hydrogens (primary N) is 1. The van der Waals surface area contributed by atoms with Crippen molar-refractivity contribution in [2.24, 2.45) is 5.73 Å². The third-order valence-corrected chi connectivity index (χ3v) is 2.55. The van der Waals surface area contributed by atoms with E-state index in [2.05, 4.69) is 12.1 Å². The molecule has 0 fully saturated rings. The highest BCUT2D eigenvalue weighted by Gasteiger charge is 2.20. The van der Waals surface area contributed by atoms with Crippen molar-refractivity contribution >= 4 is 23.6 Å². The number of rotatable bonds is 5. The first-order valence-electron chi connectivity index (χ1n) is 4.91. The lowest BCUT2D eigenvalue weighted by molar-refractivity contribution is 0.387. The van der Waals surface area contributed by atoms with E-state index in [-0.39, 0.29) is 5.54 Å². The van der Waals surface area contributed by atoms with E-state index in [0.29, 0.717) is 6.54 Å². The molecule has 0 aliphatic heterocycles. The zero-order chi connectivity index (χ0) is 11.3. The number of aryl methyl sites for hydroxylation is 1. The highest BCUT2D eigenvalue weighted by Crippen LogP contribution is 2.15. The second-order valence-corrected chi connectivity index (χ2v) is 5.09. The van der Waals surface area contributed by atoms with Crippen molar-refractivity contribution in [3.05, 3.63) is 35.9 Å². The third-order valence-electron chi connectivity index (χ3n) is 2.31. The number of halogens is 2. The molecule has 0 spiro atoms. The van der Waals surface area contributed by atoms with Crippen molar-refractivity contribution < 1.29 is 0 Å². The molecular formula is C11H16Cl2N2. The Kier molecular flexibility index (Phi) is 4.87. The van der Waals surface area contributed by atoms with Crippen LogP contribution < -0.4 is 5.73 Å². The second kappa shape index (κ2) is 5.71. The van der Waals surface area contributed by atoms with Gasteiger partial charge in [0, 0.05) is 12.1 Å². The van der Waals surface area contributed by atoms with Gasteiger partial charge in [-0.25, -0.2) is 0 Å². The Morgan fingerprint density at radius 1 is 1.27 bits per heavy atom. The number of hydrogen-bond acceptors (Lipinski definition) is 2. The van der Waals surface area contributed by atoms with E-state index >= 15 is 0 Å². The molecule has 1 aromatic rings. The van der Waals surface area contributed by atoms with Gasteiger partial charge in [-0.05, 0) is 48.9 Å². The van der Waals surface area contributed by atoms with Crippen LogP contribution in [0.2, 0.25) is 0 Å². The lowest BCUT2D eigenvalue weighted by atomic mass is 9.95. The molecule has 2 nitrogen and oxygen atoms in total. The molecule has 0 saturated heterocycles. The Bertz CT molecular complexity index is 286. The first-order chi connectivity index (χ1) is 6.99. The first-order valence-corrected chi connectivity index (χ1v) is 5.59. The maximum atomic E-state index is 6.05. The molecule has 0 amide bonds. The average Bonchev–Trinajstić information content (AvgIpc) is 2.15. The summed E-state index contributed by atoms with van der Waals surface area (Å²) in [7, 11) is 0. The van der Waals surface area contributed by atoms with Gasteiger partial charge in [0.05, 0.1) is 0 Å². The van der Waals surface area contributed by atoms with E-state index < -0.39 is 0 Å². The number of nitrogens with zero attached hydrogens (tertiary/aromatic N) is 1. The first kappa shape index (κ1) is 12.8. The topological polar surface area (TPSA) is 29.3 Å².